The lowest BCUT2D eigenvalue weighted by atomic mass is 9.72. The molecule has 0 atom stereocenters. The first kappa shape index (κ1) is 16.1. The Kier molecular flexibility index (Phi) is 4.33. The zero-order valence-corrected chi connectivity index (χ0v) is 14.7. The van der Waals surface area contributed by atoms with Crippen LogP contribution < -0.4 is 0 Å². The summed E-state index contributed by atoms with van der Waals surface area (Å²) in [6.45, 7) is 6.91. The SMILES string of the molecule is CCc1noc(CN2CCC3(CCC(=O)N(CC4CC4)C3)CC2)n1. The van der Waals surface area contributed by atoms with E-state index in [1.807, 2.05) is 6.92 Å². The Balaban J connectivity index is 1.32. The number of carbonyl (C=O) groups is 1. The molecule has 24 heavy (non-hydrogen) atoms. The van der Waals surface area contributed by atoms with Crippen molar-refractivity contribution in [1.82, 2.24) is 19.9 Å². The van der Waals surface area contributed by atoms with Crippen molar-refractivity contribution >= 4 is 5.91 Å². The van der Waals surface area contributed by atoms with Crippen molar-refractivity contribution in [3.63, 3.8) is 0 Å². The molecule has 1 aliphatic carbocycles. The Hall–Kier alpha value is -1.43. The van der Waals surface area contributed by atoms with Gasteiger partial charge in [0.1, 0.15) is 0 Å². The zero-order chi connectivity index (χ0) is 16.6. The van der Waals surface area contributed by atoms with E-state index in [0.29, 0.717) is 11.3 Å². The first-order valence-corrected chi connectivity index (χ1v) is 9.47. The molecule has 1 aromatic heterocycles. The second-order valence-corrected chi connectivity index (χ2v) is 7.95. The van der Waals surface area contributed by atoms with Crippen LogP contribution in [-0.2, 0) is 17.8 Å². The maximum Gasteiger partial charge on any atom is 0.240 e. The maximum atomic E-state index is 12.2. The third-order valence-electron chi connectivity index (χ3n) is 6.03. The van der Waals surface area contributed by atoms with Crippen molar-refractivity contribution in [2.45, 2.75) is 58.4 Å². The van der Waals surface area contributed by atoms with Crippen molar-refractivity contribution < 1.29 is 9.32 Å². The summed E-state index contributed by atoms with van der Waals surface area (Å²) in [5, 5.41) is 3.98. The van der Waals surface area contributed by atoms with Gasteiger partial charge in [-0.05, 0) is 56.5 Å². The van der Waals surface area contributed by atoms with Gasteiger partial charge in [-0.25, -0.2) is 0 Å². The van der Waals surface area contributed by atoms with E-state index in [0.717, 1.165) is 69.6 Å². The summed E-state index contributed by atoms with van der Waals surface area (Å²) in [6, 6.07) is 0. The highest BCUT2D eigenvalue weighted by Gasteiger charge is 2.42. The molecule has 3 heterocycles. The molecule has 1 spiro atoms. The number of aromatic nitrogens is 2. The Bertz CT molecular complexity index is 588. The number of rotatable bonds is 5. The number of carbonyl (C=O) groups excluding carboxylic acids is 1. The van der Waals surface area contributed by atoms with Crippen LogP contribution in [0.25, 0.3) is 0 Å². The molecule has 0 bridgehead atoms. The molecule has 0 aromatic carbocycles. The summed E-state index contributed by atoms with van der Waals surface area (Å²) in [7, 11) is 0. The molecule has 3 fully saturated rings. The van der Waals surface area contributed by atoms with E-state index < -0.39 is 0 Å². The van der Waals surface area contributed by atoms with Gasteiger partial charge >= 0.3 is 0 Å². The number of nitrogens with zero attached hydrogens (tertiary/aromatic N) is 4. The monoisotopic (exact) mass is 332 g/mol. The van der Waals surface area contributed by atoms with Crippen LogP contribution >= 0.6 is 0 Å². The normalized spacial score (nSPS) is 24.7. The Morgan fingerprint density at radius 3 is 2.71 bits per heavy atom. The number of piperidine rings is 2. The molecule has 6 nitrogen and oxygen atoms in total. The van der Waals surface area contributed by atoms with Crippen molar-refractivity contribution in [3.8, 4) is 0 Å². The lowest BCUT2D eigenvalue weighted by Gasteiger charge is -2.47. The highest BCUT2D eigenvalue weighted by atomic mass is 16.5. The van der Waals surface area contributed by atoms with Crippen molar-refractivity contribution in [2.24, 2.45) is 11.3 Å². The van der Waals surface area contributed by atoms with Crippen LogP contribution in [0.2, 0.25) is 0 Å². The lowest BCUT2D eigenvalue weighted by molar-refractivity contribution is -0.139. The van der Waals surface area contributed by atoms with Gasteiger partial charge in [0.05, 0.1) is 6.54 Å². The summed E-state index contributed by atoms with van der Waals surface area (Å²) in [6.07, 6.45) is 7.62. The van der Waals surface area contributed by atoms with Gasteiger partial charge in [-0.1, -0.05) is 12.1 Å². The molecule has 4 rings (SSSR count). The van der Waals surface area contributed by atoms with E-state index in [1.165, 1.54) is 25.7 Å². The average molecular weight is 332 g/mol. The molecule has 1 aromatic rings. The van der Waals surface area contributed by atoms with Gasteiger partial charge in [-0.2, -0.15) is 4.98 Å². The van der Waals surface area contributed by atoms with Crippen LogP contribution in [0.5, 0.6) is 0 Å². The third-order valence-corrected chi connectivity index (χ3v) is 6.03. The summed E-state index contributed by atoms with van der Waals surface area (Å²) < 4.78 is 5.32. The molecule has 0 unspecified atom stereocenters. The molecule has 132 valence electrons. The summed E-state index contributed by atoms with van der Waals surface area (Å²) in [5.41, 5.74) is 0.350. The fourth-order valence-corrected chi connectivity index (χ4v) is 4.16. The molecule has 0 radical (unpaired) electrons. The minimum absolute atomic E-state index is 0.350. The standard InChI is InChI=1S/C18H28N4O2/c1-2-15-19-16(24-20-15)12-21-9-7-18(8-10-21)6-5-17(23)22(13-18)11-14-3-4-14/h14H,2-13H2,1H3. The average Bonchev–Trinajstić information content (AvgIpc) is 3.29. The van der Waals surface area contributed by atoms with Crippen molar-refractivity contribution in [3.05, 3.63) is 11.7 Å². The predicted molar refractivity (Wildman–Crippen MR) is 89.2 cm³/mol. The van der Waals surface area contributed by atoms with Gasteiger partial charge in [-0.15, -0.1) is 0 Å². The van der Waals surface area contributed by atoms with E-state index in [9.17, 15) is 4.79 Å². The quantitative estimate of drug-likeness (QED) is 0.827. The van der Waals surface area contributed by atoms with E-state index in [2.05, 4.69) is 19.9 Å². The highest BCUT2D eigenvalue weighted by Crippen LogP contribution is 2.41. The Labute approximate surface area is 143 Å². The Morgan fingerprint density at radius 1 is 1.25 bits per heavy atom. The lowest BCUT2D eigenvalue weighted by Crippen LogP contribution is -2.51. The first-order chi connectivity index (χ1) is 11.7. The van der Waals surface area contributed by atoms with Gasteiger partial charge < -0.3 is 9.42 Å². The molecule has 1 amide bonds. The predicted octanol–water partition coefficient (Wildman–Crippen LogP) is 2.25. The largest absolute Gasteiger partial charge is 0.342 e. The minimum atomic E-state index is 0.350. The highest BCUT2D eigenvalue weighted by molar-refractivity contribution is 5.77. The molecular weight excluding hydrogens is 304 g/mol. The molecule has 2 saturated heterocycles. The third kappa shape index (κ3) is 3.48. The van der Waals surface area contributed by atoms with Gasteiger partial charge in [0.2, 0.25) is 11.8 Å². The maximum absolute atomic E-state index is 12.2. The van der Waals surface area contributed by atoms with Gasteiger partial charge in [0.15, 0.2) is 5.82 Å². The van der Waals surface area contributed by atoms with E-state index in [-0.39, 0.29) is 0 Å². The number of hydrogen-bond acceptors (Lipinski definition) is 5. The minimum Gasteiger partial charge on any atom is -0.342 e. The van der Waals surface area contributed by atoms with Crippen molar-refractivity contribution in [2.75, 3.05) is 26.2 Å². The molecule has 0 N–H and O–H groups in total. The number of likely N-dealkylation sites (tertiary alicyclic amines) is 2. The zero-order valence-electron chi connectivity index (χ0n) is 14.7. The second kappa shape index (κ2) is 6.47. The number of aryl methyl sites for hydroxylation is 1. The van der Waals surface area contributed by atoms with E-state index >= 15 is 0 Å². The van der Waals surface area contributed by atoms with Crippen LogP contribution in [-0.4, -0.2) is 52.0 Å². The molecule has 6 heteroatoms. The molecule has 3 aliphatic rings. The van der Waals surface area contributed by atoms with Crippen molar-refractivity contribution in [1.29, 1.82) is 0 Å². The molecule has 2 aliphatic heterocycles. The summed E-state index contributed by atoms with van der Waals surface area (Å²) in [5.74, 6) is 2.69. The summed E-state index contributed by atoms with van der Waals surface area (Å²) in [4.78, 5) is 21.2. The van der Waals surface area contributed by atoms with E-state index in [4.69, 9.17) is 4.52 Å². The van der Waals surface area contributed by atoms with Gasteiger partial charge in [0.25, 0.3) is 0 Å². The van der Waals surface area contributed by atoms with Gasteiger partial charge in [-0.3, -0.25) is 9.69 Å². The molecular formula is C18H28N4O2. The van der Waals surface area contributed by atoms with Gasteiger partial charge in [0, 0.05) is 25.9 Å². The Morgan fingerprint density at radius 2 is 2.04 bits per heavy atom. The van der Waals surface area contributed by atoms with Crippen LogP contribution in [0.4, 0.5) is 0 Å². The first-order valence-electron chi connectivity index (χ1n) is 9.47. The van der Waals surface area contributed by atoms with Crippen LogP contribution in [0, 0.1) is 11.3 Å². The fourth-order valence-electron chi connectivity index (χ4n) is 4.16. The fraction of sp³-hybridized carbons (Fsp3) is 0.833. The smallest absolute Gasteiger partial charge is 0.240 e. The van der Waals surface area contributed by atoms with E-state index in [1.54, 1.807) is 0 Å². The second-order valence-electron chi connectivity index (χ2n) is 7.95. The van der Waals surface area contributed by atoms with Crippen LogP contribution in [0.15, 0.2) is 4.52 Å². The van der Waals surface area contributed by atoms with Crippen LogP contribution in [0.3, 0.4) is 0 Å². The summed E-state index contributed by atoms with van der Waals surface area (Å²) >= 11 is 0. The van der Waals surface area contributed by atoms with Crippen LogP contribution in [0.1, 0.15) is 57.2 Å². The topological polar surface area (TPSA) is 62.5 Å². The number of amides is 1. The molecule has 1 saturated carbocycles. The number of hydrogen-bond donors (Lipinski definition) is 0.